The van der Waals surface area contributed by atoms with Gasteiger partial charge in [0.1, 0.15) is 5.75 Å². The maximum Gasteiger partial charge on any atom is 0.264 e. The van der Waals surface area contributed by atoms with E-state index < -0.39 is 0 Å². The van der Waals surface area contributed by atoms with Crippen LogP contribution in [0.25, 0.3) is 11.0 Å². The molecule has 168 valence electrons. The van der Waals surface area contributed by atoms with Crippen molar-refractivity contribution < 1.29 is 14.3 Å². The van der Waals surface area contributed by atoms with E-state index in [1.54, 1.807) is 30.1 Å². The van der Waals surface area contributed by atoms with Gasteiger partial charge in [0, 0.05) is 24.5 Å². The highest BCUT2D eigenvalue weighted by Gasteiger charge is 2.26. The first-order chi connectivity index (χ1) is 15.0. The Hall–Kier alpha value is -3.42. The quantitative estimate of drug-likeness (QED) is 0.665. The highest BCUT2D eigenvalue weighted by molar-refractivity contribution is 6.13. The van der Waals surface area contributed by atoms with Crippen LogP contribution in [0, 0.1) is 6.92 Å². The predicted octanol–water partition coefficient (Wildman–Crippen LogP) is 4.23. The Morgan fingerprint density at radius 3 is 2.59 bits per heavy atom. The molecule has 0 saturated heterocycles. The summed E-state index contributed by atoms with van der Waals surface area (Å²) < 4.78 is 7.44. The fraction of sp³-hybridized carbons (Fsp3) is 0.417. The summed E-state index contributed by atoms with van der Waals surface area (Å²) in [4.78, 5) is 31.7. The first-order valence-electron chi connectivity index (χ1n) is 10.7. The molecule has 8 heteroatoms. The lowest BCUT2D eigenvalue weighted by atomic mass is 10.0. The number of hydrogen-bond donors (Lipinski definition) is 1. The van der Waals surface area contributed by atoms with Crippen LogP contribution in [0.1, 0.15) is 62.3 Å². The molecule has 8 nitrogen and oxygen atoms in total. The van der Waals surface area contributed by atoms with Gasteiger partial charge < -0.3 is 15.0 Å². The molecule has 0 atom stereocenters. The molecule has 2 aromatic heterocycles. The van der Waals surface area contributed by atoms with Gasteiger partial charge in [-0.15, -0.1) is 0 Å². The number of pyridine rings is 1. The number of rotatable bonds is 3. The number of fused-ring (bicyclic) bond motifs is 2. The molecule has 0 saturated carbocycles. The molecular formula is C24H29N5O3. The van der Waals surface area contributed by atoms with Gasteiger partial charge in [-0.2, -0.15) is 5.10 Å². The fourth-order valence-electron chi connectivity index (χ4n) is 3.80. The molecule has 1 aliphatic heterocycles. The second-order valence-corrected chi connectivity index (χ2v) is 9.49. The standard InChI is InChI=1S/C24H29N5O3/c1-13(2)17-11-16(21-14(3)27-29(22(21)26-17)24(4,5)6)23(31)25-15-8-9-18-19(10-15)32-12-20(30)28(18)7/h8-11,13H,12H2,1-7H3,(H,25,31). The molecule has 1 N–H and O–H groups in total. The number of hydrogen-bond acceptors (Lipinski definition) is 5. The molecule has 1 aliphatic rings. The van der Waals surface area contributed by atoms with E-state index >= 15 is 0 Å². The molecular weight excluding hydrogens is 406 g/mol. The van der Waals surface area contributed by atoms with Crippen molar-refractivity contribution in [3.63, 3.8) is 0 Å². The third-order valence-electron chi connectivity index (χ3n) is 5.61. The van der Waals surface area contributed by atoms with Gasteiger partial charge in [-0.25, -0.2) is 9.67 Å². The van der Waals surface area contributed by atoms with Crippen molar-refractivity contribution >= 4 is 34.2 Å². The summed E-state index contributed by atoms with van der Waals surface area (Å²) in [5, 5.41) is 8.43. The number of aryl methyl sites for hydroxylation is 1. The number of nitrogens with zero attached hydrogens (tertiary/aromatic N) is 4. The summed E-state index contributed by atoms with van der Waals surface area (Å²) in [6.07, 6.45) is 0. The normalized spacial score (nSPS) is 14.0. The van der Waals surface area contributed by atoms with Gasteiger partial charge in [-0.1, -0.05) is 13.8 Å². The van der Waals surface area contributed by atoms with Crippen LogP contribution in [0.4, 0.5) is 11.4 Å². The Morgan fingerprint density at radius 2 is 1.94 bits per heavy atom. The van der Waals surface area contributed by atoms with Gasteiger partial charge >= 0.3 is 0 Å². The van der Waals surface area contributed by atoms with Crippen LogP contribution in [-0.2, 0) is 10.3 Å². The number of amides is 2. The predicted molar refractivity (Wildman–Crippen MR) is 125 cm³/mol. The van der Waals surface area contributed by atoms with E-state index in [1.807, 2.05) is 17.7 Å². The Bertz CT molecular complexity index is 1240. The van der Waals surface area contributed by atoms with E-state index in [-0.39, 0.29) is 29.9 Å². The maximum absolute atomic E-state index is 13.4. The lowest BCUT2D eigenvalue weighted by Crippen LogP contribution is -2.35. The lowest BCUT2D eigenvalue weighted by Gasteiger charge is -2.26. The summed E-state index contributed by atoms with van der Waals surface area (Å²) in [5.74, 6) is 0.362. The van der Waals surface area contributed by atoms with E-state index in [2.05, 4.69) is 39.9 Å². The molecule has 0 aliphatic carbocycles. The second kappa shape index (κ2) is 7.62. The molecule has 0 unspecified atom stereocenters. The van der Waals surface area contributed by atoms with E-state index in [4.69, 9.17) is 14.8 Å². The monoisotopic (exact) mass is 435 g/mol. The van der Waals surface area contributed by atoms with Gasteiger partial charge in [0.15, 0.2) is 12.3 Å². The van der Waals surface area contributed by atoms with Gasteiger partial charge in [0.25, 0.3) is 11.8 Å². The van der Waals surface area contributed by atoms with Crippen molar-refractivity contribution in [2.45, 2.75) is 53.0 Å². The van der Waals surface area contributed by atoms with Crippen LogP contribution in [0.3, 0.4) is 0 Å². The van der Waals surface area contributed by atoms with Gasteiger partial charge in [0.2, 0.25) is 0 Å². The number of anilines is 2. The van der Waals surface area contributed by atoms with Crippen LogP contribution in [0.2, 0.25) is 0 Å². The molecule has 4 rings (SSSR count). The van der Waals surface area contributed by atoms with E-state index in [1.165, 1.54) is 0 Å². The number of nitrogens with one attached hydrogen (secondary N) is 1. The zero-order chi connectivity index (χ0) is 23.4. The van der Waals surface area contributed by atoms with Crippen molar-refractivity contribution in [2.24, 2.45) is 0 Å². The summed E-state index contributed by atoms with van der Waals surface area (Å²) in [5.41, 5.74) is 3.84. The molecule has 2 amide bonds. The largest absolute Gasteiger partial charge is 0.481 e. The number of aromatic nitrogens is 3. The van der Waals surface area contributed by atoms with Crippen LogP contribution < -0.4 is 15.0 Å². The SMILES string of the molecule is Cc1nn(C(C)(C)C)c2nc(C(C)C)cc(C(=O)Nc3ccc4c(c3)OCC(=O)N4C)c12. The number of likely N-dealkylation sites (N-methyl/N-ethyl adjacent to an activating group) is 1. The third kappa shape index (κ3) is 3.70. The van der Waals surface area contributed by atoms with Crippen LogP contribution in [-0.4, -0.2) is 40.2 Å². The van der Waals surface area contributed by atoms with Crippen LogP contribution in [0.15, 0.2) is 24.3 Å². The van der Waals surface area contributed by atoms with Crippen LogP contribution in [0.5, 0.6) is 5.75 Å². The highest BCUT2D eigenvalue weighted by atomic mass is 16.5. The lowest BCUT2D eigenvalue weighted by molar-refractivity contribution is -0.120. The summed E-state index contributed by atoms with van der Waals surface area (Å²) in [6.45, 7) is 12.2. The summed E-state index contributed by atoms with van der Waals surface area (Å²) in [7, 11) is 1.71. The van der Waals surface area contributed by atoms with Gasteiger partial charge in [-0.3, -0.25) is 9.59 Å². The van der Waals surface area contributed by atoms with E-state index in [0.717, 1.165) is 16.8 Å². The Labute approximate surface area is 187 Å². The number of benzene rings is 1. The minimum Gasteiger partial charge on any atom is -0.481 e. The number of carbonyl (C=O) groups excluding carboxylic acids is 2. The van der Waals surface area contributed by atoms with Gasteiger partial charge in [0.05, 0.1) is 27.9 Å². The van der Waals surface area contributed by atoms with Crippen LogP contribution >= 0.6 is 0 Å². The molecule has 1 aromatic carbocycles. The molecule has 32 heavy (non-hydrogen) atoms. The summed E-state index contributed by atoms with van der Waals surface area (Å²) >= 11 is 0. The van der Waals surface area contributed by atoms with Crippen molar-refractivity contribution in [3.8, 4) is 5.75 Å². The highest BCUT2D eigenvalue weighted by Crippen LogP contribution is 2.34. The Balaban J connectivity index is 1.77. The smallest absolute Gasteiger partial charge is 0.264 e. The van der Waals surface area contributed by atoms with Crippen molar-refractivity contribution in [2.75, 3.05) is 23.9 Å². The van der Waals surface area contributed by atoms with Gasteiger partial charge in [-0.05, 0) is 51.8 Å². The minimum atomic E-state index is -0.276. The van der Waals surface area contributed by atoms with Crippen molar-refractivity contribution in [1.82, 2.24) is 14.8 Å². The number of carbonyl (C=O) groups is 2. The van der Waals surface area contributed by atoms with E-state index in [0.29, 0.717) is 28.3 Å². The zero-order valence-electron chi connectivity index (χ0n) is 19.6. The fourth-order valence-corrected chi connectivity index (χ4v) is 3.80. The minimum absolute atomic E-state index is 0.0190. The first kappa shape index (κ1) is 21.8. The number of ether oxygens (including phenoxy) is 1. The van der Waals surface area contributed by atoms with Crippen molar-refractivity contribution in [1.29, 1.82) is 0 Å². The Morgan fingerprint density at radius 1 is 1.22 bits per heavy atom. The Kier molecular flexibility index (Phi) is 5.19. The van der Waals surface area contributed by atoms with E-state index in [9.17, 15) is 9.59 Å². The molecule has 0 fully saturated rings. The molecule has 3 aromatic rings. The molecule has 0 radical (unpaired) electrons. The topological polar surface area (TPSA) is 89.4 Å². The average Bonchev–Trinajstić information content (AvgIpc) is 3.07. The average molecular weight is 436 g/mol. The second-order valence-electron chi connectivity index (χ2n) is 9.49. The summed E-state index contributed by atoms with van der Waals surface area (Å²) in [6, 6.07) is 7.13. The van der Waals surface area contributed by atoms with Crippen molar-refractivity contribution in [3.05, 3.63) is 41.2 Å². The third-order valence-corrected chi connectivity index (χ3v) is 5.61. The molecule has 3 heterocycles. The maximum atomic E-state index is 13.4. The molecule has 0 spiro atoms. The molecule has 0 bridgehead atoms. The first-order valence-corrected chi connectivity index (χ1v) is 10.7. The zero-order valence-corrected chi connectivity index (χ0v) is 19.6.